The second-order valence-corrected chi connectivity index (χ2v) is 6.84. The summed E-state index contributed by atoms with van der Waals surface area (Å²) in [6.45, 7) is 6.83. The lowest BCUT2D eigenvalue weighted by molar-refractivity contribution is -0.117. The predicted octanol–water partition coefficient (Wildman–Crippen LogP) is 2.61. The van der Waals surface area contributed by atoms with Gasteiger partial charge in [-0.1, -0.05) is 15.9 Å². The van der Waals surface area contributed by atoms with Crippen LogP contribution in [-0.4, -0.2) is 21.8 Å². The van der Waals surface area contributed by atoms with Crippen LogP contribution in [0, 0.1) is 11.3 Å². The van der Waals surface area contributed by atoms with E-state index in [2.05, 4.69) is 42.8 Å². The Labute approximate surface area is 115 Å². The van der Waals surface area contributed by atoms with Crippen molar-refractivity contribution in [2.24, 2.45) is 0 Å². The zero-order valence-corrected chi connectivity index (χ0v) is 12.4. The third-order valence-electron chi connectivity index (χ3n) is 3.01. The molecule has 1 unspecified atom stereocenters. The van der Waals surface area contributed by atoms with Crippen LogP contribution in [0.2, 0.25) is 0 Å². The SMILES string of the molecule is CC(C)(C)n1cc(C#N)cc1N1CC(Br)CC1=O. The van der Waals surface area contributed by atoms with Crippen LogP contribution in [0.3, 0.4) is 0 Å². The summed E-state index contributed by atoms with van der Waals surface area (Å²) >= 11 is 3.48. The van der Waals surface area contributed by atoms with Crippen molar-refractivity contribution in [3.05, 3.63) is 17.8 Å². The summed E-state index contributed by atoms with van der Waals surface area (Å²) in [7, 11) is 0. The molecule has 96 valence electrons. The molecule has 2 rings (SSSR count). The van der Waals surface area contributed by atoms with E-state index in [1.54, 1.807) is 11.0 Å². The second kappa shape index (κ2) is 4.43. The zero-order chi connectivity index (χ0) is 13.5. The quantitative estimate of drug-likeness (QED) is 0.749. The number of hydrogen-bond acceptors (Lipinski definition) is 2. The lowest BCUT2D eigenvalue weighted by Crippen LogP contribution is -2.31. The Hall–Kier alpha value is -1.28. The molecule has 1 aliphatic heterocycles. The molecule has 1 aliphatic rings. The second-order valence-electron chi connectivity index (χ2n) is 5.55. The Morgan fingerprint density at radius 2 is 2.17 bits per heavy atom. The minimum Gasteiger partial charge on any atom is -0.328 e. The fraction of sp³-hybridized carbons (Fsp3) is 0.538. The van der Waals surface area contributed by atoms with Crippen molar-refractivity contribution in [1.82, 2.24) is 4.57 Å². The summed E-state index contributed by atoms with van der Waals surface area (Å²) < 4.78 is 1.99. The van der Waals surface area contributed by atoms with E-state index >= 15 is 0 Å². The van der Waals surface area contributed by atoms with Gasteiger partial charge in [0.15, 0.2) is 0 Å². The van der Waals surface area contributed by atoms with Crippen LogP contribution in [0.4, 0.5) is 5.82 Å². The van der Waals surface area contributed by atoms with E-state index in [1.165, 1.54) is 0 Å². The zero-order valence-electron chi connectivity index (χ0n) is 10.8. The van der Waals surface area contributed by atoms with Crippen LogP contribution in [-0.2, 0) is 10.3 Å². The summed E-state index contributed by atoms with van der Waals surface area (Å²) in [5.74, 6) is 0.913. The number of carbonyl (C=O) groups is 1. The molecule has 5 heteroatoms. The first kappa shape index (κ1) is 13.2. The van der Waals surface area contributed by atoms with Crippen LogP contribution in [0.25, 0.3) is 0 Å². The lowest BCUT2D eigenvalue weighted by atomic mass is 10.1. The fourth-order valence-corrected chi connectivity index (χ4v) is 2.71. The number of halogens is 1. The highest BCUT2D eigenvalue weighted by Crippen LogP contribution is 2.31. The number of hydrogen-bond donors (Lipinski definition) is 0. The summed E-state index contributed by atoms with van der Waals surface area (Å²) in [5.41, 5.74) is 0.431. The molecule has 18 heavy (non-hydrogen) atoms. The highest BCUT2D eigenvalue weighted by atomic mass is 79.9. The Balaban J connectivity index is 2.47. The van der Waals surface area contributed by atoms with Crippen molar-refractivity contribution < 1.29 is 4.79 Å². The maximum Gasteiger partial charge on any atom is 0.229 e. The van der Waals surface area contributed by atoms with Gasteiger partial charge in [-0.15, -0.1) is 0 Å². The van der Waals surface area contributed by atoms with Crippen molar-refractivity contribution in [3.8, 4) is 6.07 Å². The summed E-state index contributed by atoms with van der Waals surface area (Å²) in [6, 6.07) is 3.92. The van der Waals surface area contributed by atoms with Crippen LogP contribution >= 0.6 is 15.9 Å². The van der Waals surface area contributed by atoms with Gasteiger partial charge in [0.1, 0.15) is 11.9 Å². The van der Waals surface area contributed by atoms with Crippen LogP contribution in [0.1, 0.15) is 32.8 Å². The summed E-state index contributed by atoms with van der Waals surface area (Å²) in [6.07, 6.45) is 2.32. The van der Waals surface area contributed by atoms with Gasteiger partial charge in [-0.3, -0.25) is 9.69 Å². The minimum absolute atomic E-state index is 0.102. The van der Waals surface area contributed by atoms with E-state index in [0.717, 1.165) is 5.82 Å². The molecule has 0 radical (unpaired) electrons. The van der Waals surface area contributed by atoms with Gasteiger partial charge in [0.05, 0.1) is 5.56 Å². The van der Waals surface area contributed by atoms with E-state index in [0.29, 0.717) is 18.5 Å². The van der Waals surface area contributed by atoms with E-state index < -0.39 is 0 Å². The molecule has 0 spiro atoms. The number of nitrogens with zero attached hydrogens (tertiary/aromatic N) is 3. The van der Waals surface area contributed by atoms with E-state index in [9.17, 15) is 4.79 Å². The largest absolute Gasteiger partial charge is 0.328 e. The monoisotopic (exact) mass is 309 g/mol. The number of anilines is 1. The lowest BCUT2D eigenvalue weighted by Gasteiger charge is -2.28. The van der Waals surface area contributed by atoms with Gasteiger partial charge in [0.2, 0.25) is 5.91 Å². The summed E-state index contributed by atoms with van der Waals surface area (Å²) in [4.78, 5) is 13.9. The highest BCUT2D eigenvalue weighted by Gasteiger charge is 2.32. The maximum atomic E-state index is 12.0. The molecule has 1 atom stereocenters. The van der Waals surface area contributed by atoms with Gasteiger partial charge in [0, 0.05) is 29.5 Å². The molecule has 0 aromatic carbocycles. The van der Waals surface area contributed by atoms with Crippen molar-refractivity contribution in [3.63, 3.8) is 0 Å². The van der Waals surface area contributed by atoms with E-state index in [4.69, 9.17) is 5.26 Å². The van der Waals surface area contributed by atoms with Crippen molar-refractivity contribution in [1.29, 1.82) is 5.26 Å². The molecule has 1 aromatic heterocycles. The number of alkyl halides is 1. The smallest absolute Gasteiger partial charge is 0.229 e. The molecule has 0 bridgehead atoms. The van der Waals surface area contributed by atoms with Gasteiger partial charge in [-0.25, -0.2) is 0 Å². The number of carbonyl (C=O) groups excluding carboxylic acids is 1. The fourth-order valence-electron chi connectivity index (χ4n) is 2.14. The Morgan fingerprint density at radius 3 is 2.61 bits per heavy atom. The number of amides is 1. The Morgan fingerprint density at radius 1 is 1.50 bits per heavy atom. The molecule has 0 N–H and O–H groups in total. The average molecular weight is 310 g/mol. The molecule has 1 aromatic rings. The molecule has 2 heterocycles. The molecule has 0 aliphatic carbocycles. The molecule has 0 saturated carbocycles. The van der Waals surface area contributed by atoms with E-state index in [-0.39, 0.29) is 16.3 Å². The molecular weight excluding hydrogens is 294 g/mol. The average Bonchev–Trinajstić information content (AvgIpc) is 2.80. The minimum atomic E-state index is -0.158. The topological polar surface area (TPSA) is 49.0 Å². The molecule has 1 fully saturated rings. The molecular formula is C13H16BrN3O. The Kier molecular flexibility index (Phi) is 3.24. The van der Waals surface area contributed by atoms with Gasteiger partial charge in [0.25, 0.3) is 0 Å². The summed E-state index contributed by atoms with van der Waals surface area (Å²) in [5, 5.41) is 9.03. The third kappa shape index (κ3) is 2.30. The first-order chi connectivity index (χ1) is 8.32. The number of aromatic nitrogens is 1. The molecule has 4 nitrogen and oxygen atoms in total. The van der Waals surface area contributed by atoms with Crippen molar-refractivity contribution in [2.75, 3.05) is 11.4 Å². The first-order valence-electron chi connectivity index (χ1n) is 5.90. The molecule has 1 saturated heterocycles. The standard InChI is InChI=1S/C13H16BrN3O/c1-13(2,3)17-7-9(6-15)4-11(17)16-8-10(14)5-12(16)18/h4,7,10H,5,8H2,1-3H3. The van der Waals surface area contributed by atoms with Gasteiger partial charge < -0.3 is 4.57 Å². The first-order valence-corrected chi connectivity index (χ1v) is 6.82. The number of nitriles is 1. The highest BCUT2D eigenvalue weighted by molar-refractivity contribution is 9.09. The molecule has 1 amide bonds. The third-order valence-corrected chi connectivity index (χ3v) is 3.62. The van der Waals surface area contributed by atoms with Crippen LogP contribution in [0.15, 0.2) is 12.3 Å². The normalized spacial score (nSPS) is 20.3. The van der Waals surface area contributed by atoms with Crippen molar-refractivity contribution in [2.45, 2.75) is 37.6 Å². The van der Waals surface area contributed by atoms with Gasteiger partial charge in [-0.05, 0) is 26.8 Å². The predicted molar refractivity (Wildman–Crippen MR) is 73.8 cm³/mol. The van der Waals surface area contributed by atoms with Crippen molar-refractivity contribution >= 4 is 27.7 Å². The van der Waals surface area contributed by atoms with Gasteiger partial charge >= 0.3 is 0 Å². The number of rotatable bonds is 1. The van der Waals surface area contributed by atoms with Crippen LogP contribution < -0.4 is 4.90 Å². The van der Waals surface area contributed by atoms with E-state index in [1.807, 2.05) is 10.8 Å². The van der Waals surface area contributed by atoms with Gasteiger partial charge in [-0.2, -0.15) is 5.26 Å². The van der Waals surface area contributed by atoms with Crippen LogP contribution in [0.5, 0.6) is 0 Å². The maximum absolute atomic E-state index is 12.0. The Bertz CT molecular complexity index is 521.